The largest absolute Gasteiger partial charge is 0.301 e. The number of para-hydroxylation sites is 1. The summed E-state index contributed by atoms with van der Waals surface area (Å²) in [5.74, 6) is 1.59. The zero-order valence-corrected chi connectivity index (χ0v) is 8.86. The summed E-state index contributed by atoms with van der Waals surface area (Å²) in [5, 5.41) is 1.19. The lowest BCUT2D eigenvalue weighted by Gasteiger charge is -2.02. The van der Waals surface area contributed by atoms with Crippen LogP contribution in [0.4, 0.5) is 0 Å². The van der Waals surface area contributed by atoms with Crippen LogP contribution in [0.5, 0.6) is 0 Å². The number of benzene rings is 1. The van der Waals surface area contributed by atoms with Crippen molar-refractivity contribution in [3.63, 3.8) is 0 Å². The molecular formula is C12H15N2+. The Morgan fingerprint density at radius 3 is 2.64 bits per heavy atom. The standard InChI is InChI=1S/C12H15N2/c1-9(2)12-13-11-7-5-4-6-10(11)8-14(12)3/h4-9H,1-3H3/q+1. The summed E-state index contributed by atoms with van der Waals surface area (Å²) in [6.45, 7) is 4.33. The molecule has 0 bridgehead atoms. The topological polar surface area (TPSA) is 16.8 Å². The van der Waals surface area contributed by atoms with Crippen molar-refractivity contribution < 1.29 is 4.57 Å². The van der Waals surface area contributed by atoms with Crippen LogP contribution in [0.25, 0.3) is 10.9 Å². The molecule has 0 aliphatic heterocycles. The fourth-order valence-corrected chi connectivity index (χ4v) is 1.71. The van der Waals surface area contributed by atoms with Crippen molar-refractivity contribution >= 4 is 10.9 Å². The molecule has 0 spiro atoms. The van der Waals surface area contributed by atoms with Gasteiger partial charge in [0.1, 0.15) is 6.20 Å². The van der Waals surface area contributed by atoms with Gasteiger partial charge in [-0.25, -0.2) is 4.57 Å². The third-order valence-corrected chi connectivity index (χ3v) is 2.38. The van der Waals surface area contributed by atoms with Gasteiger partial charge in [-0.1, -0.05) is 26.0 Å². The van der Waals surface area contributed by atoms with E-state index < -0.39 is 0 Å². The average Bonchev–Trinajstić information content (AvgIpc) is 2.16. The van der Waals surface area contributed by atoms with Crippen molar-refractivity contribution in [3.8, 4) is 0 Å². The van der Waals surface area contributed by atoms with Gasteiger partial charge in [0.15, 0.2) is 5.52 Å². The second-order valence-corrected chi connectivity index (χ2v) is 3.92. The van der Waals surface area contributed by atoms with Gasteiger partial charge in [0, 0.05) is 0 Å². The number of nitrogens with zero attached hydrogens (tertiary/aromatic N) is 2. The highest BCUT2D eigenvalue weighted by Crippen LogP contribution is 2.12. The van der Waals surface area contributed by atoms with Gasteiger partial charge < -0.3 is 0 Å². The van der Waals surface area contributed by atoms with E-state index in [9.17, 15) is 0 Å². The normalized spacial score (nSPS) is 11.1. The number of fused-ring (bicyclic) bond motifs is 1. The molecule has 0 atom stereocenters. The van der Waals surface area contributed by atoms with Gasteiger partial charge in [0.05, 0.1) is 18.4 Å². The van der Waals surface area contributed by atoms with Crippen LogP contribution < -0.4 is 4.57 Å². The Bertz CT molecular complexity index is 461. The monoisotopic (exact) mass is 187 g/mol. The van der Waals surface area contributed by atoms with E-state index in [0.717, 1.165) is 11.3 Å². The van der Waals surface area contributed by atoms with Crippen molar-refractivity contribution in [3.05, 3.63) is 36.3 Å². The van der Waals surface area contributed by atoms with Crippen LogP contribution in [-0.2, 0) is 7.05 Å². The quantitative estimate of drug-likeness (QED) is 0.625. The maximum absolute atomic E-state index is 4.64. The minimum absolute atomic E-state index is 0.463. The van der Waals surface area contributed by atoms with Crippen molar-refractivity contribution in [1.82, 2.24) is 4.98 Å². The molecule has 2 heteroatoms. The number of aromatic nitrogens is 2. The summed E-state index contributed by atoms with van der Waals surface area (Å²) in [5.41, 5.74) is 1.08. The lowest BCUT2D eigenvalue weighted by Crippen LogP contribution is -2.35. The Labute approximate surface area is 84.2 Å². The first-order valence-electron chi connectivity index (χ1n) is 4.94. The summed E-state index contributed by atoms with van der Waals surface area (Å²) >= 11 is 0. The molecule has 0 aliphatic rings. The Hall–Kier alpha value is -1.44. The summed E-state index contributed by atoms with van der Waals surface area (Å²) < 4.78 is 2.10. The van der Waals surface area contributed by atoms with Gasteiger partial charge >= 0.3 is 5.82 Å². The molecule has 2 aromatic rings. The van der Waals surface area contributed by atoms with E-state index in [-0.39, 0.29) is 0 Å². The molecule has 1 aromatic heterocycles. The maximum Gasteiger partial charge on any atom is 0.301 e. The van der Waals surface area contributed by atoms with E-state index in [2.05, 4.69) is 48.8 Å². The summed E-state index contributed by atoms with van der Waals surface area (Å²) in [4.78, 5) is 4.64. The first-order chi connectivity index (χ1) is 6.68. The Balaban J connectivity index is 2.71. The SMILES string of the molecule is CC(C)c1nc2ccccc2c[n+]1C. The summed E-state index contributed by atoms with van der Waals surface area (Å²) in [6, 6.07) is 8.21. The third kappa shape index (κ3) is 1.48. The van der Waals surface area contributed by atoms with Gasteiger partial charge in [-0.05, 0) is 17.1 Å². The Morgan fingerprint density at radius 1 is 1.21 bits per heavy atom. The van der Waals surface area contributed by atoms with E-state index in [0.29, 0.717) is 5.92 Å². The van der Waals surface area contributed by atoms with Crippen molar-refractivity contribution in [2.24, 2.45) is 7.05 Å². The summed E-state index contributed by atoms with van der Waals surface area (Å²) in [6.07, 6.45) is 2.14. The van der Waals surface area contributed by atoms with Gasteiger partial charge in [0.25, 0.3) is 0 Å². The molecular weight excluding hydrogens is 172 g/mol. The number of hydrogen-bond acceptors (Lipinski definition) is 1. The smallest absolute Gasteiger partial charge is 0.236 e. The molecule has 1 heterocycles. The van der Waals surface area contributed by atoms with Crippen molar-refractivity contribution in [1.29, 1.82) is 0 Å². The molecule has 0 fully saturated rings. The van der Waals surface area contributed by atoms with Crippen LogP contribution in [0.3, 0.4) is 0 Å². The number of aryl methyl sites for hydroxylation is 1. The molecule has 0 saturated carbocycles. The van der Waals surface area contributed by atoms with E-state index >= 15 is 0 Å². The van der Waals surface area contributed by atoms with E-state index in [1.54, 1.807) is 0 Å². The molecule has 0 saturated heterocycles. The Kier molecular flexibility index (Phi) is 2.20. The van der Waals surface area contributed by atoms with Crippen LogP contribution in [-0.4, -0.2) is 4.98 Å². The minimum atomic E-state index is 0.463. The molecule has 72 valence electrons. The second kappa shape index (κ2) is 3.37. The molecule has 2 rings (SSSR count). The highest BCUT2D eigenvalue weighted by molar-refractivity contribution is 5.76. The molecule has 0 radical (unpaired) electrons. The molecule has 0 amide bonds. The lowest BCUT2D eigenvalue weighted by molar-refractivity contribution is -0.682. The fourth-order valence-electron chi connectivity index (χ4n) is 1.71. The summed E-state index contributed by atoms with van der Waals surface area (Å²) in [7, 11) is 2.05. The van der Waals surface area contributed by atoms with Crippen LogP contribution >= 0.6 is 0 Å². The highest BCUT2D eigenvalue weighted by Gasteiger charge is 2.15. The minimum Gasteiger partial charge on any atom is -0.236 e. The van der Waals surface area contributed by atoms with Gasteiger partial charge in [-0.15, -0.1) is 0 Å². The van der Waals surface area contributed by atoms with E-state index in [1.165, 1.54) is 5.39 Å². The number of hydrogen-bond donors (Lipinski definition) is 0. The molecule has 14 heavy (non-hydrogen) atoms. The zero-order valence-electron chi connectivity index (χ0n) is 8.86. The first-order valence-corrected chi connectivity index (χ1v) is 4.94. The zero-order chi connectivity index (χ0) is 10.1. The first kappa shape index (κ1) is 9.13. The van der Waals surface area contributed by atoms with Crippen molar-refractivity contribution in [2.45, 2.75) is 19.8 Å². The predicted molar refractivity (Wildman–Crippen MR) is 57.0 cm³/mol. The van der Waals surface area contributed by atoms with Crippen LogP contribution in [0.2, 0.25) is 0 Å². The predicted octanol–water partition coefficient (Wildman–Crippen LogP) is 2.18. The average molecular weight is 187 g/mol. The molecule has 0 aliphatic carbocycles. The van der Waals surface area contributed by atoms with Crippen molar-refractivity contribution in [2.75, 3.05) is 0 Å². The maximum atomic E-state index is 4.64. The van der Waals surface area contributed by atoms with Crippen LogP contribution in [0, 0.1) is 0 Å². The van der Waals surface area contributed by atoms with E-state index in [1.807, 2.05) is 12.1 Å². The molecule has 0 N–H and O–H groups in total. The van der Waals surface area contributed by atoms with Crippen LogP contribution in [0.15, 0.2) is 30.5 Å². The number of rotatable bonds is 1. The molecule has 2 nitrogen and oxygen atoms in total. The highest BCUT2D eigenvalue weighted by atomic mass is 15.0. The van der Waals surface area contributed by atoms with Crippen LogP contribution in [0.1, 0.15) is 25.6 Å². The van der Waals surface area contributed by atoms with E-state index in [4.69, 9.17) is 0 Å². The Morgan fingerprint density at radius 2 is 1.93 bits per heavy atom. The lowest BCUT2D eigenvalue weighted by atomic mass is 10.2. The van der Waals surface area contributed by atoms with Gasteiger partial charge in [0.2, 0.25) is 0 Å². The third-order valence-electron chi connectivity index (χ3n) is 2.38. The van der Waals surface area contributed by atoms with Gasteiger partial charge in [-0.3, -0.25) is 0 Å². The molecule has 1 aromatic carbocycles. The fraction of sp³-hybridized carbons (Fsp3) is 0.333. The van der Waals surface area contributed by atoms with Gasteiger partial charge in [-0.2, -0.15) is 0 Å². The second-order valence-electron chi connectivity index (χ2n) is 3.92. The molecule has 0 unspecified atom stereocenters.